The first-order valence-electron chi connectivity index (χ1n) is 6.08. The third-order valence-corrected chi connectivity index (χ3v) is 4.01. The summed E-state index contributed by atoms with van der Waals surface area (Å²) in [6.07, 6.45) is 1.12. The van der Waals surface area contributed by atoms with Crippen LogP contribution >= 0.6 is 15.9 Å². The Kier molecular flexibility index (Phi) is 3.06. The molecule has 19 heavy (non-hydrogen) atoms. The zero-order valence-electron chi connectivity index (χ0n) is 10.4. The highest BCUT2D eigenvalue weighted by Gasteiger charge is 2.24. The zero-order chi connectivity index (χ0) is 13.6. The Balaban J connectivity index is 2.24. The molecule has 1 N–H and O–H groups in total. The second-order valence-electron chi connectivity index (χ2n) is 4.60. The van der Waals surface area contributed by atoms with E-state index < -0.39 is 12.1 Å². The number of aromatic nitrogens is 2. The van der Waals surface area contributed by atoms with Gasteiger partial charge in [-0.1, -0.05) is 0 Å². The van der Waals surface area contributed by atoms with Crippen LogP contribution in [0.15, 0.2) is 16.6 Å². The van der Waals surface area contributed by atoms with Gasteiger partial charge in [-0.15, -0.1) is 0 Å². The molecule has 0 aliphatic carbocycles. The van der Waals surface area contributed by atoms with Crippen LogP contribution in [0.1, 0.15) is 35.1 Å². The molecule has 0 fully saturated rings. The average molecular weight is 325 g/mol. The van der Waals surface area contributed by atoms with Crippen LogP contribution in [0.5, 0.6) is 0 Å². The van der Waals surface area contributed by atoms with Gasteiger partial charge in [0.05, 0.1) is 23.7 Å². The number of aliphatic hydroxyl groups is 1. The van der Waals surface area contributed by atoms with E-state index >= 15 is 0 Å². The molecule has 2 aromatic rings. The van der Waals surface area contributed by atoms with Crippen LogP contribution in [0.2, 0.25) is 0 Å². The maximum absolute atomic E-state index is 11.6. The van der Waals surface area contributed by atoms with Gasteiger partial charge in [0.1, 0.15) is 11.9 Å². The van der Waals surface area contributed by atoms with Crippen LogP contribution in [-0.4, -0.2) is 27.7 Å². The van der Waals surface area contributed by atoms with Crippen molar-refractivity contribution in [2.75, 3.05) is 7.11 Å². The summed E-state index contributed by atoms with van der Waals surface area (Å²) in [6, 6.07) is 3.42. The lowest BCUT2D eigenvalue weighted by Gasteiger charge is -2.19. The molecule has 6 heteroatoms. The fraction of sp³-hybridized carbons (Fsp3) is 0.385. The first-order chi connectivity index (χ1) is 9.11. The Morgan fingerprint density at radius 1 is 1.58 bits per heavy atom. The normalized spacial score (nSPS) is 18.4. The summed E-state index contributed by atoms with van der Waals surface area (Å²) in [5, 5.41) is 9.99. The Bertz CT molecular complexity index is 665. The van der Waals surface area contributed by atoms with Crippen molar-refractivity contribution in [2.45, 2.75) is 25.5 Å². The minimum absolute atomic E-state index is 0.394. The molecule has 1 aliphatic rings. The Hall–Kier alpha value is -1.40. The van der Waals surface area contributed by atoms with Crippen molar-refractivity contribution in [3.63, 3.8) is 0 Å². The second kappa shape index (κ2) is 4.61. The highest BCUT2D eigenvalue weighted by atomic mass is 79.9. The Morgan fingerprint density at radius 3 is 3.11 bits per heavy atom. The number of benzene rings is 1. The van der Waals surface area contributed by atoms with Gasteiger partial charge in [-0.2, -0.15) is 0 Å². The number of carbonyl (C=O) groups excluding carboxylic acids is 1. The summed E-state index contributed by atoms with van der Waals surface area (Å²) in [7, 11) is 1.35. The van der Waals surface area contributed by atoms with Crippen LogP contribution in [0.25, 0.3) is 11.0 Å². The number of nitrogens with zero attached hydrogens (tertiary/aromatic N) is 2. The number of halogens is 1. The molecule has 5 nitrogen and oxygen atoms in total. The number of fused-ring (bicyclic) bond motifs is 3. The van der Waals surface area contributed by atoms with E-state index in [9.17, 15) is 9.90 Å². The zero-order valence-corrected chi connectivity index (χ0v) is 12.0. The average Bonchev–Trinajstić information content (AvgIpc) is 2.78. The van der Waals surface area contributed by atoms with Crippen LogP contribution in [-0.2, 0) is 11.3 Å². The number of rotatable bonds is 1. The fourth-order valence-corrected chi connectivity index (χ4v) is 3.19. The fourth-order valence-electron chi connectivity index (χ4n) is 2.52. The van der Waals surface area contributed by atoms with Crippen molar-refractivity contribution in [1.29, 1.82) is 0 Å². The van der Waals surface area contributed by atoms with Crippen LogP contribution in [0.3, 0.4) is 0 Å². The van der Waals surface area contributed by atoms with Crippen LogP contribution in [0, 0.1) is 0 Å². The highest BCUT2D eigenvalue weighted by Crippen LogP contribution is 2.33. The van der Waals surface area contributed by atoms with Crippen molar-refractivity contribution in [1.82, 2.24) is 9.55 Å². The van der Waals surface area contributed by atoms with Gasteiger partial charge in [-0.25, -0.2) is 9.78 Å². The van der Waals surface area contributed by atoms with Gasteiger partial charge in [0, 0.05) is 11.0 Å². The quantitative estimate of drug-likeness (QED) is 0.818. The summed E-state index contributed by atoms with van der Waals surface area (Å²) >= 11 is 3.47. The van der Waals surface area contributed by atoms with E-state index in [0.717, 1.165) is 29.4 Å². The topological polar surface area (TPSA) is 64.3 Å². The third-order valence-electron chi connectivity index (χ3n) is 3.40. The van der Waals surface area contributed by atoms with Gasteiger partial charge < -0.3 is 14.4 Å². The third kappa shape index (κ3) is 1.95. The lowest BCUT2D eigenvalue weighted by molar-refractivity contribution is 0.0601. The molecule has 1 aromatic carbocycles. The second-order valence-corrected chi connectivity index (χ2v) is 5.45. The molecule has 0 bridgehead atoms. The predicted molar refractivity (Wildman–Crippen MR) is 73.0 cm³/mol. The van der Waals surface area contributed by atoms with Gasteiger partial charge in [0.25, 0.3) is 0 Å². The predicted octanol–water partition coefficient (Wildman–Crippen LogP) is 2.41. The van der Waals surface area contributed by atoms with Crippen LogP contribution < -0.4 is 0 Å². The largest absolute Gasteiger partial charge is 0.465 e. The lowest BCUT2D eigenvalue weighted by atomic mass is 10.1. The number of carbonyl (C=O) groups is 1. The number of hydrogen-bond acceptors (Lipinski definition) is 4. The molecule has 1 atom stereocenters. The van der Waals surface area contributed by atoms with E-state index in [2.05, 4.69) is 20.9 Å². The minimum Gasteiger partial charge on any atom is -0.465 e. The van der Waals surface area contributed by atoms with Crippen molar-refractivity contribution in [3.05, 3.63) is 28.0 Å². The Morgan fingerprint density at radius 2 is 2.37 bits per heavy atom. The van der Waals surface area contributed by atoms with Crippen LogP contribution in [0.4, 0.5) is 0 Å². The maximum atomic E-state index is 11.6. The summed E-state index contributed by atoms with van der Waals surface area (Å²) < 4.78 is 7.52. The number of aryl methyl sites for hydroxylation is 1. The molecule has 0 radical (unpaired) electrons. The molecule has 1 aliphatic heterocycles. The number of imidazole rings is 1. The Labute approximate surface area is 118 Å². The van der Waals surface area contributed by atoms with E-state index in [0.29, 0.717) is 16.9 Å². The molecule has 0 spiro atoms. The molecular weight excluding hydrogens is 312 g/mol. The molecule has 1 unspecified atom stereocenters. The van der Waals surface area contributed by atoms with Crippen molar-refractivity contribution in [3.8, 4) is 0 Å². The van der Waals surface area contributed by atoms with Gasteiger partial charge in [0.15, 0.2) is 0 Å². The maximum Gasteiger partial charge on any atom is 0.337 e. The molecule has 0 amide bonds. The van der Waals surface area contributed by atoms with E-state index in [4.69, 9.17) is 4.74 Å². The first-order valence-corrected chi connectivity index (χ1v) is 6.87. The SMILES string of the molecule is COC(=O)c1cc(Br)c2c(c1)nc1n2CCCC1O. The number of esters is 1. The van der Waals surface area contributed by atoms with Gasteiger partial charge in [-0.3, -0.25) is 0 Å². The number of aliphatic hydroxyl groups excluding tert-OH is 1. The van der Waals surface area contributed by atoms with E-state index in [1.807, 2.05) is 4.57 Å². The van der Waals surface area contributed by atoms with Gasteiger partial charge in [0.2, 0.25) is 0 Å². The number of ether oxygens (including phenoxy) is 1. The minimum atomic E-state index is -0.533. The van der Waals surface area contributed by atoms with E-state index in [-0.39, 0.29) is 0 Å². The number of hydrogen-bond donors (Lipinski definition) is 1. The first kappa shape index (κ1) is 12.6. The molecule has 0 saturated heterocycles. The lowest BCUT2D eigenvalue weighted by Crippen LogP contribution is -2.15. The molecule has 0 saturated carbocycles. The molecule has 100 valence electrons. The standard InChI is InChI=1S/C13H13BrN2O3/c1-19-13(18)7-5-8(14)11-9(6-7)15-12-10(17)3-2-4-16(11)12/h5-6,10,17H,2-4H2,1H3. The molecule has 1 aromatic heterocycles. The number of methoxy groups -OCH3 is 1. The van der Waals surface area contributed by atoms with Gasteiger partial charge >= 0.3 is 5.97 Å². The van der Waals surface area contributed by atoms with Crippen molar-refractivity contribution < 1.29 is 14.6 Å². The summed E-state index contributed by atoms with van der Waals surface area (Å²) in [5.74, 6) is 0.276. The van der Waals surface area contributed by atoms with E-state index in [1.54, 1.807) is 12.1 Å². The molecule has 2 heterocycles. The van der Waals surface area contributed by atoms with E-state index in [1.165, 1.54) is 7.11 Å². The van der Waals surface area contributed by atoms with Crippen molar-refractivity contribution >= 4 is 32.9 Å². The smallest absolute Gasteiger partial charge is 0.337 e. The monoisotopic (exact) mass is 324 g/mol. The molecular formula is C13H13BrN2O3. The summed E-state index contributed by atoms with van der Waals surface area (Å²) in [6.45, 7) is 0.832. The molecule has 3 rings (SSSR count). The summed E-state index contributed by atoms with van der Waals surface area (Å²) in [5.41, 5.74) is 2.07. The van der Waals surface area contributed by atoms with Gasteiger partial charge in [-0.05, 0) is 40.9 Å². The highest BCUT2D eigenvalue weighted by molar-refractivity contribution is 9.10. The summed E-state index contributed by atoms with van der Waals surface area (Å²) in [4.78, 5) is 16.0. The van der Waals surface area contributed by atoms with Crippen molar-refractivity contribution in [2.24, 2.45) is 0 Å².